The number of amides is 1. The molecule has 1 amide bonds. The van der Waals surface area contributed by atoms with E-state index in [4.69, 9.17) is 14.3 Å². The SMILES string of the molecule is CCOC(=O)[C@H](CO)N(Cc1ccccc1)OC(=O)C(C)(C)NC(=O)[C@@H](SC(=O)CN1CCOCC1)C(C)C. The zero-order chi connectivity index (χ0) is 29.0. The van der Waals surface area contributed by atoms with E-state index in [1.807, 2.05) is 24.8 Å². The molecular formula is C27H41N3O8S. The number of thioether (sulfide) groups is 1. The van der Waals surface area contributed by atoms with Crippen LogP contribution in [-0.4, -0.2) is 101 Å². The number of morpholine rings is 1. The van der Waals surface area contributed by atoms with Gasteiger partial charge in [0.15, 0.2) is 6.04 Å². The van der Waals surface area contributed by atoms with E-state index in [0.29, 0.717) is 26.3 Å². The molecule has 1 fully saturated rings. The van der Waals surface area contributed by atoms with Crippen molar-refractivity contribution in [3.05, 3.63) is 35.9 Å². The molecule has 1 aliphatic rings. The molecule has 1 aliphatic heterocycles. The van der Waals surface area contributed by atoms with Crippen molar-refractivity contribution in [2.24, 2.45) is 5.92 Å². The number of hydrogen-bond acceptors (Lipinski definition) is 11. The van der Waals surface area contributed by atoms with Crippen LogP contribution in [0.1, 0.15) is 40.2 Å². The summed E-state index contributed by atoms with van der Waals surface area (Å²) in [4.78, 5) is 59.3. The quantitative estimate of drug-likeness (QED) is 0.249. The number of nitrogens with zero attached hydrogens (tertiary/aromatic N) is 2. The van der Waals surface area contributed by atoms with Crippen LogP contribution in [0.3, 0.4) is 0 Å². The van der Waals surface area contributed by atoms with E-state index < -0.39 is 41.3 Å². The summed E-state index contributed by atoms with van der Waals surface area (Å²) in [5.41, 5.74) is -0.785. The van der Waals surface area contributed by atoms with Gasteiger partial charge in [-0.3, -0.25) is 19.3 Å². The molecule has 1 aromatic rings. The van der Waals surface area contributed by atoms with Gasteiger partial charge in [-0.15, -0.1) is 5.06 Å². The van der Waals surface area contributed by atoms with Crippen molar-refractivity contribution in [2.45, 2.75) is 58.0 Å². The Bertz CT molecular complexity index is 954. The van der Waals surface area contributed by atoms with E-state index in [9.17, 15) is 24.3 Å². The highest BCUT2D eigenvalue weighted by Crippen LogP contribution is 2.23. The second-order valence-electron chi connectivity index (χ2n) is 10.0. The van der Waals surface area contributed by atoms with Crippen molar-refractivity contribution in [3.8, 4) is 0 Å². The lowest BCUT2D eigenvalue weighted by atomic mass is 10.0. The maximum atomic E-state index is 13.3. The van der Waals surface area contributed by atoms with Gasteiger partial charge in [0.1, 0.15) is 5.54 Å². The molecule has 39 heavy (non-hydrogen) atoms. The smallest absolute Gasteiger partial charge is 0.350 e. The van der Waals surface area contributed by atoms with E-state index in [1.165, 1.54) is 13.8 Å². The van der Waals surface area contributed by atoms with Gasteiger partial charge in [-0.05, 0) is 32.3 Å². The number of carbonyl (C=O) groups is 4. The van der Waals surface area contributed by atoms with E-state index in [2.05, 4.69) is 5.32 Å². The average molecular weight is 568 g/mol. The Morgan fingerprint density at radius 1 is 1.15 bits per heavy atom. The fourth-order valence-electron chi connectivity index (χ4n) is 3.75. The number of esters is 1. The van der Waals surface area contributed by atoms with Crippen LogP contribution < -0.4 is 5.32 Å². The number of benzene rings is 1. The van der Waals surface area contributed by atoms with Crippen LogP contribution in [-0.2, 0) is 40.0 Å². The molecule has 1 saturated heterocycles. The van der Waals surface area contributed by atoms with Crippen LogP contribution in [0, 0.1) is 5.92 Å². The molecular weight excluding hydrogens is 526 g/mol. The summed E-state index contributed by atoms with van der Waals surface area (Å²) in [5, 5.41) is 12.8. The summed E-state index contributed by atoms with van der Waals surface area (Å²) in [6.07, 6.45) is 0. The summed E-state index contributed by atoms with van der Waals surface area (Å²) in [5.74, 6) is -2.26. The lowest BCUT2D eigenvalue weighted by molar-refractivity contribution is -0.220. The molecule has 0 spiro atoms. The van der Waals surface area contributed by atoms with Crippen molar-refractivity contribution in [1.82, 2.24) is 15.3 Å². The first-order valence-electron chi connectivity index (χ1n) is 13.1. The molecule has 0 aliphatic carbocycles. The first-order valence-corrected chi connectivity index (χ1v) is 14.0. The summed E-state index contributed by atoms with van der Waals surface area (Å²) < 4.78 is 10.4. The third-order valence-corrected chi connectivity index (χ3v) is 7.39. The van der Waals surface area contributed by atoms with Gasteiger partial charge in [0, 0.05) is 13.1 Å². The number of aliphatic hydroxyl groups is 1. The minimum absolute atomic E-state index is 0.00115. The minimum Gasteiger partial charge on any atom is -0.465 e. The molecule has 0 unspecified atom stereocenters. The van der Waals surface area contributed by atoms with Gasteiger partial charge in [-0.2, -0.15) is 0 Å². The highest BCUT2D eigenvalue weighted by molar-refractivity contribution is 8.14. The molecule has 0 bridgehead atoms. The van der Waals surface area contributed by atoms with Crippen molar-refractivity contribution in [1.29, 1.82) is 0 Å². The van der Waals surface area contributed by atoms with Gasteiger partial charge < -0.3 is 24.7 Å². The first-order chi connectivity index (χ1) is 18.5. The van der Waals surface area contributed by atoms with Gasteiger partial charge >= 0.3 is 11.9 Å². The molecule has 1 aromatic carbocycles. The van der Waals surface area contributed by atoms with Crippen molar-refractivity contribution >= 4 is 34.7 Å². The number of rotatable bonds is 14. The Hall–Kier alpha value is -2.51. The Kier molecular flexibility index (Phi) is 13.4. The van der Waals surface area contributed by atoms with Crippen LogP contribution in [0.4, 0.5) is 0 Å². The fourth-order valence-corrected chi connectivity index (χ4v) is 4.73. The van der Waals surface area contributed by atoms with Crippen LogP contribution >= 0.6 is 11.8 Å². The van der Waals surface area contributed by atoms with Gasteiger partial charge in [-0.1, -0.05) is 55.9 Å². The van der Waals surface area contributed by atoms with Crippen molar-refractivity contribution in [2.75, 3.05) is 46.1 Å². The standard InChI is InChI=1S/C27H41N3O8S/c1-6-37-25(34)21(18-31)30(16-20-10-8-7-9-11-20)38-26(35)27(4,5)28-24(33)23(19(2)3)39-22(32)17-29-12-14-36-15-13-29/h7-11,19,21,23,31H,6,12-18H2,1-5H3,(H,28,33)/t21-,23-/m0/s1. The Balaban J connectivity index is 2.11. The fraction of sp³-hybridized carbons (Fsp3) is 0.630. The lowest BCUT2D eigenvalue weighted by Gasteiger charge is -2.32. The largest absolute Gasteiger partial charge is 0.465 e. The maximum Gasteiger partial charge on any atom is 0.350 e. The molecule has 0 radical (unpaired) electrons. The van der Waals surface area contributed by atoms with Crippen LogP contribution in [0.15, 0.2) is 30.3 Å². The molecule has 0 aromatic heterocycles. The van der Waals surface area contributed by atoms with Crippen molar-refractivity contribution in [3.63, 3.8) is 0 Å². The Morgan fingerprint density at radius 3 is 2.36 bits per heavy atom. The van der Waals surface area contributed by atoms with Crippen LogP contribution in [0.25, 0.3) is 0 Å². The van der Waals surface area contributed by atoms with Gasteiger partial charge in [0.05, 0.1) is 44.8 Å². The molecule has 2 N–H and O–H groups in total. The maximum absolute atomic E-state index is 13.3. The number of nitrogens with one attached hydrogen (secondary N) is 1. The zero-order valence-corrected chi connectivity index (χ0v) is 24.2. The van der Waals surface area contributed by atoms with E-state index in [-0.39, 0.29) is 30.7 Å². The third kappa shape index (κ3) is 10.5. The summed E-state index contributed by atoms with van der Waals surface area (Å²) >= 11 is 0.950. The van der Waals surface area contributed by atoms with E-state index in [0.717, 1.165) is 22.4 Å². The Labute approximate surface area is 234 Å². The Morgan fingerprint density at radius 2 is 1.79 bits per heavy atom. The predicted molar refractivity (Wildman–Crippen MR) is 146 cm³/mol. The van der Waals surface area contributed by atoms with Gasteiger partial charge in [0.2, 0.25) is 11.0 Å². The minimum atomic E-state index is -1.51. The molecule has 2 atom stereocenters. The number of hydrogen-bond donors (Lipinski definition) is 2. The summed E-state index contributed by atoms with van der Waals surface area (Å²) in [6.45, 7) is 10.3. The second-order valence-corrected chi connectivity index (χ2v) is 11.2. The summed E-state index contributed by atoms with van der Waals surface area (Å²) in [7, 11) is 0. The molecule has 12 heteroatoms. The van der Waals surface area contributed by atoms with E-state index >= 15 is 0 Å². The molecule has 1 heterocycles. The molecule has 218 valence electrons. The highest BCUT2D eigenvalue weighted by Gasteiger charge is 2.39. The van der Waals surface area contributed by atoms with E-state index in [1.54, 1.807) is 31.2 Å². The number of carbonyl (C=O) groups excluding carboxylic acids is 4. The normalized spacial score (nSPS) is 16.0. The van der Waals surface area contributed by atoms with Gasteiger partial charge in [0.25, 0.3) is 0 Å². The molecule has 2 rings (SSSR count). The topological polar surface area (TPSA) is 135 Å². The number of hydroxylamine groups is 2. The number of ether oxygens (including phenoxy) is 2. The monoisotopic (exact) mass is 567 g/mol. The average Bonchev–Trinajstić information content (AvgIpc) is 2.88. The molecule has 0 saturated carbocycles. The molecule has 11 nitrogen and oxygen atoms in total. The lowest BCUT2D eigenvalue weighted by Crippen LogP contribution is -2.56. The van der Waals surface area contributed by atoms with Crippen LogP contribution in [0.5, 0.6) is 0 Å². The van der Waals surface area contributed by atoms with Crippen molar-refractivity contribution < 1.29 is 38.6 Å². The second kappa shape index (κ2) is 15.9. The first kappa shape index (κ1) is 32.7. The number of aliphatic hydroxyl groups excluding tert-OH is 1. The predicted octanol–water partition coefficient (Wildman–Crippen LogP) is 1.38. The van der Waals surface area contributed by atoms with Gasteiger partial charge in [-0.25, -0.2) is 4.79 Å². The zero-order valence-electron chi connectivity index (χ0n) is 23.4. The highest BCUT2D eigenvalue weighted by atomic mass is 32.2. The summed E-state index contributed by atoms with van der Waals surface area (Å²) in [6, 6.07) is 7.71. The third-order valence-electron chi connectivity index (χ3n) is 5.99. The van der Waals surface area contributed by atoms with Crippen LogP contribution in [0.2, 0.25) is 0 Å².